The van der Waals surface area contributed by atoms with E-state index in [2.05, 4.69) is 40.2 Å². The summed E-state index contributed by atoms with van der Waals surface area (Å²) in [5, 5.41) is 2.92. The maximum absolute atomic E-state index is 12.5. The Morgan fingerprint density at radius 2 is 2.03 bits per heavy atom. The van der Waals surface area contributed by atoms with Crippen molar-refractivity contribution in [2.75, 3.05) is 43.0 Å². The largest absolute Gasteiger partial charge is 0.493 e. The number of nitrogens with one attached hydrogen (secondary N) is 1. The Kier molecular flexibility index (Phi) is 4.83. The van der Waals surface area contributed by atoms with Crippen LogP contribution in [0.2, 0.25) is 0 Å². The second-order valence-corrected chi connectivity index (χ2v) is 8.19. The number of rotatable bonds is 4. The summed E-state index contributed by atoms with van der Waals surface area (Å²) in [5.41, 5.74) is 4.02. The number of esters is 1. The summed E-state index contributed by atoms with van der Waals surface area (Å²) in [7, 11) is 0. The summed E-state index contributed by atoms with van der Waals surface area (Å²) in [6, 6.07) is 12.1. The van der Waals surface area contributed by atoms with Crippen LogP contribution in [-0.2, 0) is 22.4 Å². The van der Waals surface area contributed by atoms with Gasteiger partial charge in [0, 0.05) is 55.1 Å². The minimum absolute atomic E-state index is 0.0606. The van der Waals surface area contributed by atoms with Gasteiger partial charge in [0.25, 0.3) is 0 Å². The second kappa shape index (κ2) is 7.65. The molecule has 0 unspecified atom stereocenters. The van der Waals surface area contributed by atoms with E-state index < -0.39 is 0 Å². The molecule has 3 aliphatic heterocycles. The van der Waals surface area contributed by atoms with Crippen molar-refractivity contribution in [1.29, 1.82) is 0 Å². The molecule has 5 rings (SSSR count). The zero-order chi connectivity index (χ0) is 20.7. The van der Waals surface area contributed by atoms with E-state index in [4.69, 9.17) is 9.47 Å². The van der Waals surface area contributed by atoms with Crippen molar-refractivity contribution >= 4 is 23.3 Å². The minimum Gasteiger partial charge on any atom is -0.493 e. The number of carbonyl (C=O) groups is 2. The average molecular weight is 407 g/mol. The lowest BCUT2D eigenvalue weighted by molar-refractivity contribution is -0.131. The Balaban J connectivity index is 1.17. The van der Waals surface area contributed by atoms with E-state index in [0.29, 0.717) is 30.4 Å². The number of piperazine rings is 1. The first kappa shape index (κ1) is 18.9. The summed E-state index contributed by atoms with van der Waals surface area (Å²) in [6.45, 7) is 5.83. The van der Waals surface area contributed by atoms with Crippen LogP contribution in [-0.4, -0.2) is 55.6 Å². The number of hydrogen-bond donors (Lipinski definition) is 1. The van der Waals surface area contributed by atoms with E-state index in [-0.39, 0.29) is 11.9 Å². The van der Waals surface area contributed by atoms with Gasteiger partial charge < -0.3 is 19.7 Å². The van der Waals surface area contributed by atoms with Gasteiger partial charge in [0.15, 0.2) is 0 Å². The number of nitrogens with zero attached hydrogens (tertiary/aromatic N) is 2. The molecule has 30 heavy (non-hydrogen) atoms. The number of anilines is 2. The molecule has 1 atom stereocenters. The maximum Gasteiger partial charge on any atom is 0.315 e. The van der Waals surface area contributed by atoms with Crippen LogP contribution in [0.1, 0.15) is 18.1 Å². The molecule has 1 saturated heterocycles. The quantitative estimate of drug-likeness (QED) is 0.619. The molecule has 0 spiro atoms. The lowest BCUT2D eigenvalue weighted by atomic mass is 10.1. The summed E-state index contributed by atoms with van der Waals surface area (Å²) >= 11 is 0. The number of amides is 1. The zero-order valence-corrected chi connectivity index (χ0v) is 17.0. The first-order valence-electron chi connectivity index (χ1n) is 10.4. The van der Waals surface area contributed by atoms with Crippen LogP contribution in [0.25, 0.3) is 0 Å². The molecule has 0 bridgehead atoms. The highest BCUT2D eigenvalue weighted by atomic mass is 16.5. The summed E-state index contributed by atoms with van der Waals surface area (Å²) in [5.74, 6) is 1.23. The van der Waals surface area contributed by atoms with Crippen LogP contribution < -0.4 is 19.7 Å². The first-order chi connectivity index (χ1) is 14.5. The smallest absolute Gasteiger partial charge is 0.315 e. The Morgan fingerprint density at radius 1 is 1.13 bits per heavy atom. The highest BCUT2D eigenvalue weighted by Gasteiger charge is 2.26. The molecule has 1 fully saturated rings. The van der Waals surface area contributed by atoms with Gasteiger partial charge in [-0.05, 0) is 36.8 Å². The van der Waals surface area contributed by atoms with Gasteiger partial charge in [-0.2, -0.15) is 0 Å². The fourth-order valence-electron chi connectivity index (χ4n) is 4.50. The van der Waals surface area contributed by atoms with Gasteiger partial charge in [-0.15, -0.1) is 0 Å². The van der Waals surface area contributed by atoms with Crippen LogP contribution in [0.4, 0.5) is 11.4 Å². The standard InChI is InChI=1S/C23H25N3O4/c1-15-13-25(7-8-26(15)19-4-5-20-17(10-19)6-9-29-20)14-22(27)24-18-3-2-16-11-23(28)30-21(16)12-18/h2-5,10,12,15H,6-9,11,13-14H2,1H3,(H,24,27)/t15-/m1/s1. The Bertz CT molecular complexity index is 1010. The Hall–Kier alpha value is -3.06. The van der Waals surface area contributed by atoms with Crippen molar-refractivity contribution in [3.8, 4) is 11.5 Å². The van der Waals surface area contributed by atoms with E-state index in [0.717, 1.165) is 44.0 Å². The van der Waals surface area contributed by atoms with E-state index >= 15 is 0 Å². The number of carbonyl (C=O) groups excluding carboxylic acids is 2. The third kappa shape index (κ3) is 3.73. The molecule has 1 N–H and O–H groups in total. The molecule has 0 radical (unpaired) electrons. The van der Waals surface area contributed by atoms with Crippen LogP contribution in [0.15, 0.2) is 36.4 Å². The van der Waals surface area contributed by atoms with Crippen LogP contribution in [0, 0.1) is 0 Å². The van der Waals surface area contributed by atoms with Crippen LogP contribution in [0.3, 0.4) is 0 Å². The lowest BCUT2D eigenvalue weighted by Gasteiger charge is -2.41. The maximum atomic E-state index is 12.5. The highest BCUT2D eigenvalue weighted by molar-refractivity contribution is 5.93. The monoisotopic (exact) mass is 407 g/mol. The molecule has 3 heterocycles. The third-order valence-electron chi connectivity index (χ3n) is 5.99. The predicted octanol–water partition coefficient (Wildman–Crippen LogP) is 2.23. The molecular formula is C23H25N3O4. The van der Waals surface area contributed by atoms with Gasteiger partial charge in [-0.25, -0.2) is 0 Å². The number of ether oxygens (including phenoxy) is 2. The first-order valence-corrected chi connectivity index (χ1v) is 10.4. The fraction of sp³-hybridized carbons (Fsp3) is 0.391. The fourth-order valence-corrected chi connectivity index (χ4v) is 4.50. The molecule has 7 heteroatoms. The van der Waals surface area contributed by atoms with Crippen molar-refractivity contribution in [3.05, 3.63) is 47.5 Å². The molecule has 2 aromatic rings. The van der Waals surface area contributed by atoms with Crippen molar-refractivity contribution in [2.45, 2.75) is 25.8 Å². The number of hydrogen-bond acceptors (Lipinski definition) is 6. The Labute approximate surface area is 175 Å². The zero-order valence-electron chi connectivity index (χ0n) is 17.0. The molecule has 3 aliphatic rings. The van der Waals surface area contributed by atoms with Gasteiger partial charge >= 0.3 is 5.97 Å². The normalized spacial score (nSPS) is 20.4. The van der Waals surface area contributed by atoms with E-state index in [1.165, 1.54) is 11.3 Å². The van der Waals surface area contributed by atoms with Crippen molar-refractivity contribution < 1.29 is 19.1 Å². The summed E-state index contributed by atoms with van der Waals surface area (Å²) < 4.78 is 10.8. The molecule has 1 amide bonds. The second-order valence-electron chi connectivity index (χ2n) is 8.19. The predicted molar refractivity (Wildman–Crippen MR) is 113 cm³/mol. The summed E-state index contributed by atoms with van der Waals surface area (Å²) in [6.07, 6.45) is 1.27. The molecule has 2 aromatic carbocycles. The topological polar surface area (TPSA) is 71.1 Å². The van der Waals surface area contributed by atoms with Gasteiger partial charge in [-0.3, -0.25) is 14.5 Å². The summed E-state index contributed by atoms with van der Waals surface area (Å²) in [4.78, 5) is 28.5. The van der Waals surface area contributed by atoms with Gasteiger partial charge in [0.2, 0.25) is 5.91 Å². The highest BCUT2D eigenvalue weighted by Crippen LogP contribution is 2.31. The van der Waals surface area contributed by atoms with Gasteiger partial charge in [0.1, 0.15) is 11.5 Å². The number of fused-ring (bicyclic) bond motifs is 2. The van der Waals surface area contributed by atoms with Crippen molar-refractivity contribution in [3.63, 3.8) is 0 Å². The molecule has 7 nitrogen and oxygen atoms in total. The van der Waals surface area contributed by atoms with Gasteiger partial charge in [-0.1, -0.05) is 6.07 Å². The lowest BCUT2D eigenvalue weighted by Crippen LogP contribution is -2.53. The number of benzene rings is 2. The molecule has 0 aliphatic carbocycles. The molecular weight excluding hydrogens is 382 g/mol. The van der Waals surface area contributed by atoms with E-state index in [9.17, 15) is 9.59 Å². The molecule has 0 saturated carbocycles. The molecule has 156 valence electrons. The SMILES string of the molecule is C[C@@H]1CN(CC(=O)Nc2ccc3c(c2)OC(=O)C3)CCN1c1ccc2c(c1)CCO2. The minimum atomic E-state index is -0.253. The van der Waals surface area contributed by atoms with E-state index in [1.807, 2.05) is 12.1 Å². The van der Waals surface area contributed by atoms with E-state index in [1.54, 1.807) is 6.07 Å². The van der Waals surface area contributed by atoms with Crippen molar-refractivity contribution in [1.82, 2.24) is 4.90 Å². The van der Waals surface area contributed by atoms with Crippen LogP contribution in [0.5, 0.6) is 11.5 Å². The Morgan fingerprint density at radius 3 is 2.90 bits per heavy atom. The van der Waals surface area contributed by atoms with Crippen molar-refractivity contribution in [2.24, 2.45) is 0 Å². The average Bonchev–Trinajstić information content (AvgIpc) is 3.32. The van der Waals surface area contributed by atoms with Gasteiger partial charge in [0.05, 0.1) is 19.6 Å². The van der Waals surface area contributed by atoms with Crippen LogP contribution >= 0.6 is 0 Å². The third-order valence-corrected chi connectivity index (χ3v) is 5.99. The molecule has 0 aromatic heterocycles.